The second-order valence-corrected chi connectivity index (χ2v) is 6.13. The molecule has 1 aromatic carbocycles. The molecule has 7 heteroatoms. The maximum Gasteiger partial charge on any atom is 0.264 e. The average molecular weight is 339 g/mol. The van der Waals surface area contributed by atoms with E-state index in [2.05, 4.69) is 15.9 Å². The molecule has 0 saturated heterocycles. The average Bonchev–Trinajstić information content (AvgIpc) is 2.26. The zero-order valence-electron chi connectivity index (χ0n) is 10.4. The molecule has 0 amide bonds. The second kappa shape index (κ2) is 6.51. The monoisotopic (exact) mass is 338 g/mol. The van der Waals surface area contributed by atoms with Crippen LogP contribution in [0.5, 0.6) is 5.75 Å². The Morgan fingerprint density at radius 3 is 2.56 bits per heavy atom. The molecule has 0 unspecified atom stereocenters. The molecule has 1 rings (SSSR count). The Labute approximate surface area is 115 Å². The first-order valence-electron chi connectivity index (χ1n) is 5.09. The van der Waals surface area contributed by atoms with Crippen LogP contribution in [0, 0.1) is 6.92 Å². The van der Waals surface area contributed by atoms with Crippen molar-refractivity contribution in [3.8, 4) is 5.75 Å². The molecule has 102 valence electrons. The van der Waals surface area contributed by atoms with Crippen LogP contribution in [0.2, 0.25) is 0 Å². The summed E-state index contributed by atoms with van der Waals surface area (Å²) in [6, 6.07) is 3.61. The maximum atomic E-state index is 11.0. The van der Waals surface area contributed by atoms with E-state index < -0.39 is 10.1 Å². The Hall–Kier alpha value is -0.630. The van der Waals surface area contributed by atoms with Gasteiger partial charge in [0.15, 0.2) is 6.79 Å². The third-order valence-electron chi connectivity index (χ3n) is 2.19. The van der Waals surface area contributed by atoms with Gasteiger partial charge >= 0.3 is 0 Å². The Morgan fingerprint density at radius 2 is 2.00 bits per heavy atom. The lowest BCUT2D eigenvalue weighted by Gasteiger charge is -2.13. The Morgan fingerprint density at radius 1 is 1.33 bits per heavy atom. The van der Waals surface area contributed by atoms with Crippen LogP contribution in [0.15, 0.2) is 16.6 Å². The van der Waals surface area contributed by atoms with Crippen LogP contribution in [-0.2, 0) is 25.6 Å². The van der Waals surface area contributed by atoms with Crippen molar-refractivity contribution in [2.75, 3.05) is 20.2 Å². The lowest BCUT2D eigenvalue weighted by molar-refractivity contribution is 0.0504. The van der Waals surface area contributed by atoms with Crippen molar-refractivity contribution in [3.05, 3.63) is 27.7 Å². The van der Waals surface area contributed by atoms with Crippen molar-refractivity contribution in [2.45, 2.75) is 13.5 Å². The minimum absolute atomic E-state index is 0.0323. The van der Waals surface area contributed by atoms with Crippen LogP contribution in [0.1, 0.15) is 11.1 Å². The number of benzene rings is 1. The summed E-state index contributed by atoms with van der Waals surface area (Å²) in [5.41, 5.74) is 1.64. The number of hydrogen-bond donors (Lipinski definition) is 0. The van der Waals surface area contributed by atoms with Gasteiger partial charge in [-0.2, -0.15) is 8.42 Å². The molecule has 0 atom stereocenters. The largest absolute Gasteiger partial charge is 0.466 e. The summed E-state index contributed by atoms with van der Waals surface area (Å²) in [5, 5.41) is 0. The van der Waals surface area contributed by atoms with E-state index in [0.29, 0.717) is 10.2 Å². The van der Waals surface area contributed by atoms with Crippen LogP contribution in [0.4, 0.5) is 0 Å². The van der Waals surface area contributed by atoms with E-state index in [0.717, 1.165) is 17.4 Å². The zero-order chi connectivity index (χ0) is 13.8. The molecular weight excluding hydrogens is 324 g/mol. The third-order valence-corrected chi connectivity index (χ3v) is 3.61. The Kier molecular flexibility index (Phi) is 5.58. The summed E-state index contributed by atoms with van der Waals surface area (Å²) in [5.74, 6) is 0.578. The molecule has 0 aliphatic carbocycles. The van der Waals surface area contributed by atoms with Crippen molar-refractivity contribution in [1.82, 2.24) is 0 Å². The fourth-order valence-corrected chi connectivity index (χ4v) is 2.28. The van der Waals surface area contributed by atoms with Gasteiger partial charge in [0.2, 0.25) is 0 Å². The number of hydrogen-bond acceptors (Lipinski definition) is 5. The van der Waals surface area contributed by atoms with Gasteiger partial charge in [-0.05, 0) is 34.5 Å². The molecule has 18 heavy (non-hydrogen) atoms. The van der Waals surface area contributed by atoms with Gasteiger partial charge in [0.1, 0.15) is 5.75 Å². The summed E-state index contributed by atoms with van der Waals surface area (Å²) < 4.78 is 37.6. The molecule has 0 spiro atoms. The van der Waals surface area contributed by atoms with Crippen LogP contribution in [0.3, 0.4) is 0 Å². The topological polar surface area (TPSA) is 61.8 Å². The molecule has 0 saturated carbocycles. The van der Waals surface area contributed by atoms with Gasteiger partial charge in [-0.25, -0.2) is 0 Å². The van der Waals surface area contributed by atoms with Crippen LogP contribution in [-0.4, -0.2) is 28.6 Å². The number of ether oxygens (including phenoxy) is 2. The van der Waals surface area contributed by atoms with Gasteiger partial charge < -0.3 is 9.47 Å². The van der Waals surface area contributed by atoms with Crippen molar-refractivity contribution in [1.29, 1.82) is 0 Å². The van der Waals surface area contributed by atoms with Crippen molar-refractivity contribution < 1.29 is 22.1 Å². The van der Waals surface area contributed by atoms with Crippen molar-refractivity contribution >= 4 is 26.0 Å². The van der Waals surface area contributed by atoms with E-state index in [-0.39, 0.29) is 13.4 Å². The van der Waals surface area contributed by atoms with E-state index in [1.807, 2.05) is 13.0 Å². The molecule has 0 radical (unpaired) electrons. The highest BCUT2D eigenvalue weighted by Crippen LogP contribution is 2.31. The van der Waals surface area contributed by atoms with Crippen molar-refractivity contribution in [3.63, 3.8) is 0 Å². The Bertz CT molecular complexity index is 512. The van der Waals surface area contributed by atoms with Gasteiger partial charge in [0.25, 0.3) is 10.1 Å². The molecule has 5 nitrogen and oxygen atoms in total. The van der Waals surface area contributed by atoms with E-state index in [4.69, 9.17) is 13.7 Å². The molecule has 0 N–H and O–H groups in total. The minimum atomic E-state index is -3.47. The minimum Gasteiger partial charge on any atom is -0.466 e. The second-order valence-electron chi connectivity index (χ2n) is 3.69. The molecule has 0 fully saturated rings. The maximum absolute atomic E-state index is 11.0. The number of halogens is 1. The SMILES string of the molecule is COCOc1ccc(C)c(COS(C)(=O)=O)c1Br. The fourth-order valence-electron chi connectivity index (χ4n) is 1.27. The summed E-state index contributed by atoms with van der Waals surface area (Å²) >= 11 is 3.37. The van der Waals surface area contributed by atoms with Crippen LogP contribution >= 0.6 is 15.9 Å². The normalized spacial score (nSPS) is 11.6. The zero-order valence-corrected chi connectivity index (χ0v) is 12.8. The predicted molar refractivity (Wildman–Crippen MR) is 71.0 cm³/mol. The van der Waals surface area contributed by atoms with Gasteiger partial charge in [0.05, 0.1) is 17.3 Å². The van der Waals surface area contributed by atoms with Gasteiger partial charge in [-0.3, -0.25) is 4.18 Å². The standard InChI is InChI=1S/C11H15BrO5S/c1-8-4-5-10(16-7-15-2)11(12)9(8)6-17-18(3,13)14/h4-5H,6-7H2,1-3H3. The molecule has 0 aliphatic heterocycles. The van der Waals surface area contributed by atoms with Gasteiger partial charge in [0, 0.05) is 12.7 Å². The summed E-state index contributed by atoms with van der Waals surface area (Å²) in [7, 11) is -1.95. The highest BCUT2D eigenvalue weighted by molar-refractivity contribution is 9.10. The van der Waals surface area contributed by atoms with Gasteiger partial charge in [-0.15, -0.1) is 0 Å². The molecule has 1 aromatic rings. The number of aryl methyl sites for hydroxylation is 1. The van der Waals surface area contributed by atoms with Crippen LogP contribution in [0.25, 0.3) is 0 Å². The molecule has 0 aliphatic rings. The number of methoxy groups -OCH3 is 1. The fraction of sp³-hybridized carbons (Fsp3) is 0.455. The first-order valence-corrected chi connectivity index (χ1v) is 7.70. The first-order chi connectivity index (χ1) is 8.35. The molecule has 0 bridgehead atoms. The lowest BCUT2D eigenvalue weighted by atomic mass is 10.1. The summed E-state index contributed by atoms with van der Waals surface area (Å²) in [6.07, 6.45) is 1.02. The quantitative estimate of drug-likeness (QED) is 0.587. The summed E-state index contributed by atoms with van der Waals surface area (Å²) in [4.78, 5) is 0. The highest BCUT2D eigenvalue weighted by Gasteiger charge is 2.12. The molecular formula is C11H15BrO5S. The summed E-state index contributed by atoms with van der Waals surface area (Å²) in [6.45, 7) is 1.95. The van der Waals surface area contributed by atoms with Crippen molar-refractivity contribution in [2.24, 2.45) is 0 Å². The van der Waals surface area contributed by atoms with E-state index in [9.17, 15) is 8.42 Å². The van der Waals surface area contributed by atoms with Crippen LogP contribution < -0.4 is 4.74 Å². The van der Waals surface area contributed by atoms with E-state index >= 15 is 0 Å². The predicted octanol–water partition coefficient (Wildman–Crippen LogP) is 2.22. The van der Waals surface area contributed by atoms with E-state index in [1.165, 1.54) is 7.11 Å². The third kappa shape index (κ3) is 4.56. The molecule has 0 heterocycles. The smallest absolute Gasteiger partial charge is 0.264 e. The Balaban J connectivity index is 2.95. The number of rotatable bonds is 6. The highest BCUT2D eigenvalue weighted by atomic mass is 79.9. The van der Waals surface area contributed by atoms with E-state index in [1.54, 1.807) is 6.07 Å². The van der Waals surface area contributed by atoms with Gasteiger partial charge in [-0.1, -0.05) is 6.07 Å². The lowest BCUT2D eigenvalue weighted by Crippen LogP contribution is -2.06. The first kappa shape index (κ1) is 15.4. The molecule has 0 aromatic heterocycles.